The summed E-state index contributed by atoms with van der Waals surface area (Å²) in [6.45, 7) is 3.18. The van der Waals surface area contributed by atoms with Gasteiger partial charge < -0.3 is 10.0 Å². The quantitative estimate of drug-likeness (QED) is 0.809. The zero-order chi connectivity index (χ0) is 14.1. The Kier molecular flexibility index (Phi) is 3.44. The van der Waals surface area contributed by atoms with Crippen LogP contribution < -0.4 is 5.43 Å². The van der Waals surface area contributed by atoms with Gasteiger partial charge in [-0.15, -0.1) is 0 Å². The van der Waals surface area contributed by atoms with Crippen molar-refractivity contribution in [2.45, 2.75) is 26.0 Å². The number of piperidine rings is 1. The molecule has 20 heavy (non-hydrogen) atoms. The molecule has 1 aromatic rings. The molecule has 0 radical (unpaired) electrons. The van der Waals surface area contributed by atoms with E-state index in [0.717, 1.165) is 42.8 Å². The first kappa shape index (κ1) is 13.1. The SMILES string of the molecule is CC(=O)N1CCC(C2=NNC(O)c3ccccc32)CC1. The van der Waals surface area contributed by atoms with Crippen molar-refractivity contribution in [1.29, 1.82) is 0 Å². The third-order valence-electron chi connectivity index (χ3n) is 4.17. The smallest absolute Gasteiger partial charge is 0.219 e. The second kappa shape index (κ2) is 5.25. The zero-order valence-corrected chi connectivity index (χ0v) is 11.5. The lowest BCUT2D eigenvalue weighted by molar-refractivity contribution is -0.129. The van der Waals surface area contributed by atoms with Gasteiger partial charge in [-0.1, -0.05) is 24.3 Å². The van der Waals surface area contributed by atoms with Gasteiger partial charge in [0.2, 0.25) is 5.91 Å². The van der Waals surface area contributed by atoms with Gasteiger partial charge in [-0.2, -0.15) is 5.10 Å². The maximum Gasteiger partial charge on any atom is 0.219 e. The molecule has 0 aliphatic carbocycles. The molecule has 2 heterocycles. The van der Waals surface area contributed by atoms with E-state index in [0.29, 0.717) is 5.92 Å². The van der Waals surface area contributed by atoms with E-state index in [4.69, 9.17) is 0 Å². The summed E-state index contributed by atoms with van der Waals surface area (Å²) >= 11 is 0. The minimum absolute atomic E-state index is 0.142. The Morgan fingerprint density at radius 1 is 1.35 bits per heavy atom. The predicted molar refractivity (Wildman–Crippen MR) is 76.1 cm³/mol. The molecule has 1 unspecified atom stereocenters. The molecule has 1 aromatic carbocycles. The van der Waals surface area contributed by atoms with Gasteiger partial charge in [0.05, 0.1) is 5.71 Å². The average molecular weight is 273 g/mol. The number of likely N-dealkylation sites (tertiary alicyclic amines) is 1. The van der Waals surface area contributed by atoms with Crippen LogP contribution in [0.1, 0.15) is 37.1 Å². The van der Waals surface area contributed by atoms with Crippen LogP contribution >= 0.6 is 0 Å². The number of benzene rings is 1. The lowest BCUT2D eigenvalue weighted by Gasteiger charge is -2.34. The van der Waals surface area contributed by atoms with E-state index in [1.807, 2.05) is 29.2 Å². The van der Waals surface area contributed by atoms with Crippen molar-refractivity contribution in [2.24, 2.45) is 11.0 Å². The first-order valence-electron chi connectivity index (χ1n) is 7.03. The maximum absolute atomic E-state index is 11.4. The first-order chi connectivity index (χ1) is 9.66. The van der Waals surface area contributed by atoms with Crippen LogP contribution in [0.4, 0.5) is 0 Å². The van der Waals surface area contributed by atoms with E-state index in [1.54, 1.807) is 6.92 Å². The van der Waals surface area contributed by atoms with Crippen molar-refractivity contribution in [3.8, 4) is 0 Å². The number of aliphatic hydroxyl groups excluding tert-OH is 1. The van der Waals surface area contributed by atoms with Gasteiger partial charge in [-0.25, -0.2) is 0 Å². The highest BCUT2D eigenvalue weighted by Crippen LogP contribution is 2.28. The molecule has 1 atom stereocenters. The summed E-state index contributed by atoms with van der Waals surface area (Å²) in [5, 5.41) is 14.3. The number of nitrogens with zero attached hydrogens (tertiary/aromatic N) is 2. The Morgan fingerprint density at radius 3 is 2.75 bits per heavy atom. The predicted octanol–water partition coefficient (Wildman–Crippen LogP) is 1.24. The highest BCUT2D eigenvalue weighted by molar-refractivity contribution is 6.04. The molecule has 0 spiro atoms. The minimum atomic E-state index is -0.729. The maximum atomic E-state index is 11.4. The number of nitrogens with one attached hydrogen (secondary N) is 1. The van der Waals surface area contributed by atoms with Gasteiger partial charge in [-0.3, -0.25) is 10.2 Å². The van der Waals surface area contributed by atoms with Crippen molar-refractivity contribution in [3.05, 3.63) is 35.4 Å². The number of fused-ring (bicyclic) bond motifs is 1. The fraction of sp³-hybridized carbons (Fsp3) is 0.467. The summed E-state index contributed by atoms with van der Waals surface area (Å²) in [4.78, 5) is 13.3. The highest BCUT2D eigenvalue weighted by Gasteiger charge is 2.29. The van der Waals surface area contributed by atoms with Crippen molar-refractivity contribution in [1.82, 2.24) is 10.3 Å². The second-order valence-electron chi connectivity index (χ2n) is 5.40. The number of hydrazone groups is 1. The average Bonchev–Trinajstić information content (AvgIpc) is 2.48. The molecule has 2 aliphatic heterocycles. The second-order valence-corrected chi connectivity index (χ2v) is 5.40. The summed E-state index contributed by atoms with van der Waals surface area (Å²) in [5.74, 6) is 0.481. The van der Waals surface area contributed by atoms with Crippen LogP contribution in [0.25, 0.3) is 0 Å². The van der Waals surface area contributed by atoms with E-state index in [1.165, 1.54) is 0 Å². The molecular formula is C15H19N3O2. The topological polar surface area (TPSA) is 64.9 Å². The van der Waals surface area contributed by atoms with E-state index in [-0.39, 0.29) is 5.91 Å². The Balaban J connectivity index is 1.80. The number of carbonyl (C=O) groups excluding carboxylic acids is 1. The van der Waals surface area contributed by atoms with Crippen molar-refractivity contribution in [2.75, 3.05) is 13.1 Å². The van der Waals surface area contributed by atoms with Gasteiger partial charge in [0.15, 0.2) is 6.23 Å². The van der Waals surface area contributed by atoms with E-state index < -0.39 is 6.23 Å². The fourth-order valence-electron chi connectivity index (χ4n) is 3.01. The molecular weight excluding hydrogens is 254 g/mol. The third-order valence-corrected chi connectivity index (χ3v) is 4.17. The molecule has 2 N–H and O–H groups in total. The van der Waals surface area contributed by atoms with Crippen LogP contribution in [0, 0.1) is 5.92 Å². The van der Waals surface area contributed by atoms with Crippen LogP contribution in [-0.4, -0.2) is 34.7 Å². The molecule has 1 fully saturated rings. The number of aliphatic hydroxyl groups is 1. The fourth-order valence-corrected chi connectivity index (χ4v) is 3.01. The van der Waals surface area contributed by atoms with Gasteiger partial charge in [0.1, 0.15) is 0 Å². The van der Waals surface area contributed by atoms with Crippen LogP contribution in [0.2, 0.25) is 0 Å². The first-order valence-corrected chi connectivity index (χ1v) is 7.03. The lowest BCUT2D eigenvalue weighted by Crippen LogP contribution is -2.40. The molecule has 0 aromatic heterocycles. The van der Waals surface area contributed by atoms with Crippen LogP contribution in [-0.2, 0) is 4.79 Å². The van der Waals surface area contributed by atoms with Gasteiger partial charge >= 0.3 is 0 Å². The molecule has 2 aliphatic rings. The Hall–Kier alpha value is -1.88. The zero-order valence-electron chi connectivity index (χ0n) is 11.5. The van der Waals surface area contributed by atoms with E-state index in [9.17, 15) is 9.90 Å². The monoisotopic (exact) mass is 273 g/mol. The van der Waals surface area contributed by atoms with E-state index >= 15 is 0 Å². The van der Waals surface area contributed by atoms with Crippen LogP contribution in [0.3, 0.4) is 0 Å². The molecule has 1 amide bonds. The van der Waals surface area contributed by atoms with Crippen molar-refractivity contribution < 1.29 is 9.90 Å². The van der Waals surface area contributed by atoms with Crippen LogP contribution in [0.15, 0.2) is 29.4 Å². The summed E-state index contributed by atoms with van der Waals surface area (Å²) < 4.78 is 0. The Bertz CT molecular complexity index is 548. The summed E-state index contributed by atoms with van der Waals surface area (Å²) in [5.41, 5.74) is 5.70. The molecule has 5 nitrogen and oxygen atoms in total. The van der Waals surface area contributed by atoms with Crippen molar-refractivity contribution in [3.63, 3.8) is 0 Å². The standard InChI is InChI=1S/C15H19N3O2/c1-10(19)18-8-6-11(7-9-18)14-12-4-2-3-5-13(12)15(20)17-16-14/h2-5,11,15,17,20H,6-9H2,1H3. The van der Waals surface area contributed by atoms with Crippen molar-refractivity contribution >= 4 is 11.6 Å². The van der Waals surface area contributed by atoms with Gasteiger partial charge in [0.25, 0.3) is 0 Å². The third kappa shape index (κ3) is 2.29. The minimum Gasteiger partial charge on any atom is -0.368 e. The Labute approximate surface area is 118 Å². The number of amides is 1. The molecule has 106 valence electrons. The molecule has 0 bridgehead atoms. The molecule has 0 saturated carbocycles. The van der Waals surface area contributed by atoms with Gasteiger partial charge in [0, 0.05) is 37.1 Å². The van der Waals surface area contributed by atoms with Gasteiger partial charge in [-0.05, 0) is 12.8 Å². The summed E-state index contributed by atoms with van der Waals surface area (Å²) in [6, 6.07) is 7.82. The summed E-state index contributed by atoms with van der Waals surface area (Å²) in [7, 11) is 0. The lowest BCUT2D eigenvalue weighted by atomic mass is 9.85. The molecule has 1 saturated heterocycles. The normalized spacial score (nSPS) is 22.8. The molecule has 3 rings (SSSR count). The molecule has 5 heteroatoms. The number of rotatable bonds is 1. The Morgan fingerprint density at radius 2 is 2.05 bits per heavy atom. The number of carbonyl (C=O) groups is 1. The highest BCUT2D eigenvalue weighted by atomic mass is 16.3. The number of hydrogen-bond acceptors (Lipinski definition) is 4. The largest absolute Gasteiger partial charge is 0.368 e. The number of hydrogen-bond donors (Lipinski definition) is 2. The van der Waals surface area contributed by atoms with E-state index in [2.05, 4.69) is 10.5 Å². The van der Waals surface area contributed by atoms with Crippen LogP contribution in [0.5, 0.6) is 0 Å². The summed E-state index contributed by atoms with van der Waals surface area (Å²) in [6.07, 6.45) is 1.11.